The number of nitrogens with zero attached hydrogens (tertiary/aromatic N) is 1. The van der Waals surface area contributed by atoms with E-state index in [1.165, 1.54) is 4.90 Å². The SMILES string of the molecule is CCC(C)C1(C(=O)O)NC(c2ccc3c(c2)OCCO3)C2C(=O)N(Cc3ccccc3)C(=O)C21. The molecule has 3 aliphatic rings. The maximum atomic E-state index is 13.7. The van der Waals surface area contributed by atoms with Gasteiger partial charge in [-0.2, -0.15) is 0 Å². The highest BCUT2D eigenvalue weighted by atomic mass is 16.6. The number of hydrogen-bond donors (Lipinski definition) is 2. The molecule has 2 N–H and O–H groups in total. The predicted octanol–water partition coefficient (Wildman–Crippen LogP) is 2.77. The number of aliphatic carboxylic acids is 1. The fourth-order valence-corrected chi connectivity index (χ4v) is 5.64. The van der Waals surface area contributed by atoms with E-state index < -0.39 is 35.3 Å². The first-order chi connectivity index (χ1) is 16.4. The lowest BCUT2D eigenvalue weighted by Crippen LogP contribution is -2.59. The van der Waals surface area contributed by atoms with Crippen LogP contribution in [-0.4, -0.2) is 46.5 Å². The van der Waals surface area contributed by atoms with Gasteiger partial charge in [-0.1, -0.05) is 56.7 Å². The maximum absolute atomic E-state index is 13.7. The van der Waals surface area contributed by atoms with E-state index >= 15 is 0 Å². The predicted molar refractivity (Wildman–Crippen MR) is 122 cm³/mol. The Hall–Kier alpha value is -3.39. The van der Waals surface area contributed by atoms with Crippen molar-refractivity contribution in [1.29, 1.82) is 0 Å². The molecule has 0 bridgehead atoms. The van der Waals surface area contributed by atoms with E-state index in [0.29, 0.717) is 36.7 Å². The van der Waals surface area contributed by atoms with Crippen molar-refractivity contribution in [2.24, 2.45) is 17.8 Å². The molecule has 8 heteroatoms. The lowest BCUT2D eigenvalue weighted by Gasteiger charge is -2.36. The topological polar surface area (TPSA) is 105 Å². The molecule has 0 spiro atoms. The van der Waals surface area contributed by atoms with E-state index in [1.54, 1.807) is 12.1 Å². The molecule has 5 rings (SSSR count). The van der Waals surface area contributed by atoms with E-state index in [2.05, 4.69) is 5.32 Å². The normalized spacial score (nSPS) is 28.6. The van der Waals surface area contributed by atoms with Gasteiger partial charge >= 0.3 is 5.97 Å². The zero-order valence-corrected chi connectivity index (χ0v) is 19.2. The molecule has 2 aromatic rings. The second-order valence-electron chi connectivity index (χ2n) is 9.26. The number of likely N-dealkylation sites (tertiary alicyclic amines) is 1. The second kappa shape index (κ2) is 8.43. The third-order valence-electron chi connectivity index (χ3n) is 7.54. The van der Waals surface area contributed by atoms with Crippen molar-refractivity contribution in [3.8, 4) is 11.5 Å². The largest absolute Gasteiger partial charge is 0.486 e. The Morgan fingerprint density at radius 3 is 2.50 bits per heavy atom. The van der Waals surface area contributed by atoms with Crippen molar-refractivity contribution in [3.63, 3.8) is 0 Å². The number of amides is 2. The number of carboxylic acids is 1. The van der Waals surface area contributed by atoms with Crippen LogP contribution >= 0.6 is 0 Å². The maximum Gasteiger partial charge on any atom is 0.325 e. The van der Waals surface area contributed by atoms with Gasteiger partial charge < -0.3 is 14.6 Å². The number of benzene rings is 2. The molecule has 2 fully saturated rings. The zero-order chi connectivity index (χ0) is 24.0. The van der Waals surface area contributed by atoms with E-state index in [1.807, 2.05) is 50.2 Å². The van der Waals surface area contributed by atoms with Crippen molar-refractivity contribution in [2.45, 2.75) is 38.4 Å². The van der Waals surface area contributed by atoms with Gasteiger partial charge in [0.2, 0.25) is 11.8 Å². The minimum absolute atomic E-state index is 0.121. The first kappa shape index (κ1) is 22.4. The van der Waals surface area contributed by atoms with E-state index in [4.69, 9.17) is 9.47 Å². The summed E-state index contributed by atoms with van der Waals surface area (Å²) in [6.07, 6.45) is 0.538. The summed E-state index contributed by atoms with van der Waals surface area (Å²) in [5.41, 5.74) is -0.0407. The van der Waals surface area contributed by atoms with Crippen LogP contribution in [0.4, 0.5) is 0 Å². The van der Waals surface area contributed by atoms with Crippen molar-refractivity contribution in [2.75, 3.05) is 13.2 Å². The van der Waals surface area contributed by atoms with Crippen LogP contribution in [0.25, 0.3) is 0 Å². The number of nitrogens with one attached hydrogen (secondary N) is 1. The molecule has 3 aliphatic heterocycles. The van der Waals surface area contributed by atoms with Crippen molar-refractivity contribution < 1.29 is 29.0 Å². The summed E-state index contributed by atoms with van der Waals surface area (Å²) in [4.78, 5) is 41.5. The molecular formula is C26H28N2O6. The molecule has 5 atom stereocenters. The average Bonchev–Trinajstić information content (AvgIpc) is 3.34. The number of carbonyl (C=O) groups excluding carboxylic acids is 2. The molecule has 2 saturated heterocycles. The molecule has 3 heterocycles. The summed E-state index contributed by atoms with van der Waals surface area (Å²) in [6, 6.07) is 14.0. The summed E-state index contributed by atoms with van der Waals surface area (Å²) >= 11 is 0. The second-order valence-corrected chi connectivity index (χ2v) is 9.26. The third-order valence-corrected chi connectivity index (χ3v) is 7.54. The van der Waals surface area contributed by atoms with Crippen LogP contribution in [0.1, 0.15) is 37.4 Å². The number of imide groups is 1. The number of hydrogen-bond acceptors (Lipinski definition) is 6. The highest BCUT2D eigenvalue weighted by Gasteiger charge is 2.69. The van der Waals surface area contributed by atoms with E-state index in [9.17, 15) is 19.5 Å². The van der Waals surface area contributed by atoms with Crippen LogP contribution in [0, 0.1) is 17.8 Å². The van der Waals surface area contributed by atoms with Gasteiger partial charge in [-0.05, 0) is 29.2 Å². The molecule has 5 unspecified atom stereocenters. The Bertz CT molecular complexity index is 1140. The molecule has 34 heavy (non-hydrogen) atoms. The number of rotatable bonds is 6. The highest BCUT2D eigenvalue weighted by Crippen LogP contribution is 2.53. The molecule has 0 radical (unpaired) electrons. The minimum atomic E-state index is -1.56. The van der Waals surface area contributed by atoms with Crippen LogP contribution in [0.3, 0.4) is 0 Å². The van der Waals surface area contributed by atoms with Gasteiger partial charge in [-0.25, -0.2) is 0 Å². The van der Waals surface area contributed by atoms with Crippen molar-refractivity contribution in [1.82, 2.24) is 10.2 Å². The molecular weight excluding hydrogens is 436 g/mol. The van der Waals surface area contributed by atoms with Gasteiger partial charge in [0.1, 0.15) is 18.8 Å². The summed E-state index contributed by atoms with van der Waals surface area (Å²) in [6.45, 7) is 4.70. The fraction of sp³-hybridized carbons (Fsp3) is 0.423. The van der Waals surface area contributed by atoms with Gasteiger partial charge in [-0.3, -0.25) is 24.6 Å². The Kier molecular flexibility index (Phi) is 5.56. The van der Waals surface area contributed by atoms with Crippen LogP contribution in [0.15, 0.2) is 48.5 Å². The lowest BCUT2D eigenvalue weighted by atomic mass is 9.72. The van der Waals surface area contributed by atoms with Gasteiger partial charge in [0.15, 0.2) is 11.5 Å². The lowest BCUT2D eigenvalue weighted by molar-refractivity contribution is -0.154. The number of carboxylic acid groups (broad SMARTS) is 1. The fourth-order valence-electron chi connectivity index (χ4n) is 5.64. The molecule has 0 saturated carbocycles. The van der Waals surface area contributed by atoms with E-state index in [-0.39, 0.29) is 18.4 Å². The molecule has 0 aliphatic carbocycles. The number of ether oxygens (including phenoxy) is 2. The molecule has 8 nitrogen and oxygen atoms in total. The molecule has 2 amide bonds. The Labute approximate surface area is 197 Å². The molecule has 0 aromatic heterocycles. The molecule has 178 valence electrons. The summed E-state index contributed by atoms with van der Waals surface area (Å²) in [7, 11) is 0. The number of carbonyl (C=O) groups is 3. The summed E-state index contributed by atoms with van der Waals surface area (Å²) in [5, 5.41) is 13.7. The Morgan fingerprint density at radius 2 is 1.82 bits per heavy atom. The summed E-state index contributed by atoms with van der Waals surface area (Å²) in [5.74, 6) is -2.95. The van der Waals surface area contributed by atoms with Gasteiger partial charge in [0.05, 0.1) is 18.4 Å². The van der Waals surface area contributed by atoms with Crippen LogP contribution in [0.5, 0.6) is 11.5 Å². The average molecular weight is 465 g/mol. The van der Waals surface area contributed by atoms with Gasteiger partial charge in [-0.15, -0.1) is 0 Å². The van der Waals surface area contributed by atoms with Crippen LogP contribution in [0.2, 0.25) is 0 Å². The van der Waals surface area contributed by atoms with E-state index in [0.717, 1.165) is 5.56 Å². The van der Waals surface area contributed by atoms with Gasteiger partial charge in [0, 0.05) is 6.04 Å². The molecule has 2 aromatic carbocycles. The zero-order valence-electron chi connectivity index (χ0n) is 19.2. The first-order valence-electron chi connectivity index (χ1n) is 11.7. The highest BCUT2D eigenvalue weighted by molar-refractivity contribution is 6.09. The summed E-state index contributed by atoms with van der Waals surface area (Å²) < 4.78 is 11.3. The first-order valence-corrected chi connectivity index (χ1v) is 11.7. The minimum Gasteiger partial charge on any atom is -0.486 e. The Balaban J connectivity index is 1.59. The smallest absolute Gasteiger partial charge is 0.325 e. The van der Waals surface area contributed by atoms with Crippen molar-refractivity contribution >= 4 is 17.8 Å². The quantitative estimate of drug-likeness (QED) is 0.634. The van der Waals surface area contributed by atoms with Crippen LogP contribution < -0.4 is 14.8 Å². The van der Waals surface area contributed by atoms with Gasteiger partial charge in [0.25, 0.3) is 0 Å². The van der Waals surface area contributed by atoms with Crippen LogP contribution in [-0.2, 0) is 20.9 Å². The third kappa shape index (κ3) is 3.27. The monoisotopic (exact) mass is 464 g/mol. The Morgan fingerprint density at radius 1 is 1.12 bits per heavy atom. The standard InChI is InChI=1S/C26H28N2O6/c1-3-15(2)26(25(31)32)21-20(23(29)28(24(21)30)14-16-7-5-4-6-8-16)22(27-26)17-9-10-18-19(13-17)34-12-11-33-18/h4-10,13,15,20-22,27H,3,11-12,14H2,1-2H3,(H,31,32). The van der Waals surface area contributed by atoms with Crippen molar-refractivity contribution in [3.05, 3.63) is 59.7 Å². The number of fused-ring (bicyclic) bond motifs is 2.